The van der Waals surface area contributed by atoms with Gasteiger partial charge in [0.1, 0.15) is 0 Å². The fraction of sp³-hybridized carbons (Fsp3) is 0.238. The van der Waals surface area contributed by atoms with Crippen molar-refractivity contribution in [1.82, 2.24) is 5.32 Å². The Morgan fingerprint density at radius 2 is 2.11 bits per heavy atom. The SMILES string of the molecule is CCOC(=O)C1=C(C)NC(SCc2cccs2)=C(C#N)[C@H]1c1ccc(Br)cc1. The molecule has 0 saturated heterocycles. The molecule has 0 aliphatic carbocycles. The third kappa shape index (κ3) is 4.52. The average molecular weight is 475 g/mol. The van der Waals surface area contributed by atoms with E-state index in [1.54, 1.807) is 30.0 Å². The van der Waals surface area contributed by atoms with E-state index >= 15 is 0 Å². The molecule has 0 saturated carbocycles. The summed E-state index contributed by atoms with van der Waals surface area (Å²) in [7, 11) is 0. The van der Waals surface area contributed by atoms with Crippen LogP contribution in [0.3, 0.4) is 0 Å². The number of hydrogen-bond donors (Lipinski definition) is 1. The Morgan fingerprint density at radius 3 is 2.71 bits per heavy atom. The van der Waals surface area contributed by atoms with Crippen molar-refractivity contribution in [1.29, 1.82) is 5.26 Å². The van der Waals surface area contributed by atoms with Crippen molar-refractivity contribution in [3.63, 3.8) is 0 Å². The first-order chi connectivity index (χ1) is 13.5. The van der Waals surface area contributed by atoms with Gasteiger partial charge in [-0.3, -0.25) is 0 Å². The first-order valence-electron chi connectivity index (χ1n) is 8.75. The molecule has 0 spiro atoms. The van der Waals surface area contributed by atoms with Crippen LogP contribution >= 0.6 is 39.0 Å². The van der Waals surface area contributed by atoms with E-state index in [9.17, 15) is 10.1 Å². The predicted octanol–water partition coefficient (Wildman–Crippen LogP) is 5.70. The number of esters is 1. The first-order valence-corrected chi connectivity index (χ1v) is 11.4. The number of rotatable bonds is 6. The summed E-state index contributed by atoms with van der Waals surface area (Å²) in [5, 5.41) is 16.1. The number of dihydropyridines is 1. The molecule has 28 heavy (non-hydrogen) atoms. The third-order valence-electron chi connectivity index (χ3n) is 4.29. The van der Waals surface area contributed by atoms with Gasteiger partial charge < -0.3 is 10.1 Å². The van der Waals surface area contributed by atoms with Crippen LogP contribution in [0.2, 0.25) is 0 Å². The van der Waals surface area contributed by atoms with Crippen LogP contribution in [0.1, 0.15) is 30.2 Å². The Labute approximate surface area is 181 Å². The van der Waals surface area contributed by atoms with E-state index in [1.807, 2.05) is 42.6 Å². The highest BCUT2D eigenvalue weighted by atomic mass is 79.9. The van der Waals surface area contributed by atoms with Gasteiger partial charge in [-0.25, -0.2) is 4.79 Å². The number of nitrogens with zero attached hydrogens (tertiary/aromatic N) is 1. The van der Waals surface area contributed by atoms with Crippen molar-refractivity contribution in [2.45, 2.75) is 25.5 Å². The highest BCUT2D eigenvalue weighted by Gasteiger charge is 2.35. The monoisotopic (exact) mass is 474 g/mol. The van der Waals surface area contributed by atoms with Crippen LogP contribution in [0.15, 0.2) is 68.1 Å². The van der Waals surface area contributed by atoms with Gasteiger partial charge in [0.2, 0.25) is 0 Å². The van der Waals surface area contributed by atoms with Gasteiger partial charge in [0.15, 0.2) is 0 Å². The van der Waals surface area contributed by atoms with Crippen molar-refractivity contribution in [3.8, 4) is 6.07 Å². The molecule has 0 radical (unpaired) electrons. The van der Waals surface area contributed by atoms with Crippen LogP contribution < -0.4 is 5.32 Å². The molecule has 1 aliphatic heterocycles. The number of nitrogens with one attached hydrogen (secondary N) is 1. The van der Waals surface area contributed by atoms with Crippen LogP contribution in [0.4, 0.5) is 0 Å². The molecule has 4 nitrogen and oxygen atoms in total. The largest absolute Gasteiger partial charge is 0.463 e. The normalized spacial score (nSPS) is 16.6. The predicted molar refractivity (Wildman–Crippen MR) is 118 cm³/mol. The Hall–Kier alpha value is -2.01. The van der Waals surface area contributed by atoms with Gasteiger partial charge in [-0.1, -0.05) is 34.1 Å². The molecule has 1 aromatic heterocycles. The summed E-state index contributed by atoms with van der Waals surface area (Å²) in [5.41, 5.74) is 2.63. The molecule has 0 bridgehead atoms. The number of hydrogen-bond acceptors (Lipinski definition) is 6. The summed E-state index contributed by atoms with van der Waals surface area (Å²) >= 11 is 6.71. The second kappa shape index (κ2) is 9.46. The molecular weight excluding hydrogens is 456 g/mol. The topological polar surface area (TPSA) is 62.1 Å². The average Bonchev–Trinajstić information content (AvgIpc) is 3.20. The number of benzene rings is 1. The fourth-order valence-corrected chi connectivity index (χ4v) is 5.16. The van der Waals surface area contributed by atoms with E-state index in [-0.39, 0.29) is 6.61 Å². The number of halogens is 1. The van der Waals surface area contributed by atoms with Crippen molar-refractivity contribution >= 4 is 45.0 Å². The van der Waals surface area contributed by atoms with Gasteiger partial charge in [0.05, 0.1) is 34.8 Å². The van der Waals surface area contributed by atoms with E-state index in [4.69, 9.17) is 4.74 Å². The summed E-state index contributed by atoms with van der Waals surface area (Å²) in [5.74, 6) is -0.0833. The van der Waals surface area contributed by atoms with Crippen LogP contribution in [-0.2, 0) is 15.3 Å². The van der Waals surface area contributed by atoms with Gasteiger partial charge in [-0.15, -0.1) is 23.1 Å². The molecular formula is C21H19BrN2O2S2. The maximum absolute atomic E-state index is 12.7. The second-order valence-electron chi connectivity index (χ2n) is 6.09. The van der Waals surface area contributed by atoms with Crippen LogP contribution in [0, 0.1) is 11.3 Å². The van der Waals surface area contributed by atoms with E-state index in [2.05, 4.69) is 33.4 Å². The molecule has 0 amide bonds. The lowest BCUT2D eigenvalue weighted by Crippen LogP contribution is -2.28. The van der Waals surface area contributed by atoms with Gasteiger partial charge in [-0.2, -0.15) is 5.26 Å². The Kier molecular flexibility index (Phi) is 7.00. The van der Waals surface area contributed by atoms with Crippen molar-refractivity contribution < 1.29 is 9.53 Å². The number of nitriles is 1. The van der Waals surface area contributed by atoms with Gasteiger partial charge in [-0.05, 0) is 43.0 Å². The molecule has 1 atom stereocenters. The van der Waals surface area contributed by atoms with E-state index in [0.29, 0.717) is 11.1 Å². The van der Waals surface area contributed by atoms with Crippen LogP contribution in [0.5, 0.6) is 0 Å². The molecule has 1 aliphatic rings. The number of thiophene rings is 1. The highest BCUT2D eigenvalue weighted by Crippen LogP contribution is 2.42. The highest BCUT2D eigenvalue weighted by molar-refractivity contribution is 9.10. The molecule has 0 fully saturated rings. The number of thioether (sulfide) groups is 1. The van der Waals surface area contributed by atoms with Gasteiger partial charge >= 0.3 is 5.97 Å². The quantitative estimate of drug-likeness (QED) is 0.543. The molecule has 7 heteroatoms. The number of carbonyl (C=O) groups excluding carboxylic acids is 1. The minimum absolute atomic E-state index is 0.286. The van der Waals surface area contributed by atoms with E-state index < -0.39 is 11.9 Å². The zero-order chi connectivity index (χ0) is 20.1. The summed E-state index contributed by atoms with van der Waals surface area (Å²) in [4.78, 5) is 13.9. The summed E-state index contributed by atoms with van der Waals surface area (Å²) in [6.07, 6.45) is 0. The molecule has 1 N–H and O–H groups in total. The minimum atomic E-state index is -0.454. The summed E-state index contributed by atoms with van der Waals surface area (Å²) in [6, 6.07) is 14.1. The Balaban J connectivity index is 2.03. The molecule has 2 heterocycles. The first kappa shape index (κ1) is 20.7. The fourth-order valence-electron chi connectivity index (χ4n) is 3.03. The second-order valence-corrected chi connectivity index (χ2v) is 9.02. The van der Waals surface area contributed by atoms with Crippen molar-refractivity contribution in [3.05, 3.63) is 78.6 Å². The zero-order valence-corrected chi connectivity index (χ0v) is 18.7. The van der Waals surface area contributed by atoms with Crippen molar-refractivity contribution in [2.24, 2.45) is 0 Å². The third-order valence-corrected chi connectivity index (χ3v) is 6.94. The Morgan fingerprint density at radius 1 is 1.36 bits per heavy atom. The molecule has 2 aromatic rings. The lowest BCUT2D eigenvalue weighted by molar-refractivity contribution is -0.138. The number of ether oxygens (including phenoxy) is 1. The molecule has 1 aromatic carbocycles. The maximum Gasteiger partial charge on any atom is 0.336 e. The van der Waals surface area contributed by atoms with E-state index in [0.717, 1.165) is 26.5 Å². The lowest BCUT2D eigenvalue weighted by atomic mass is 9.82. The van der Waals surface area contributed by atoms with Crippen LogP contribution in [-0.4, -0.2) is 12.6 Å². The standard InChI is InChI=1S/C21H19BrN2O2S2/c1-3-26-21(25)18-13(2)24-20(28-12-16-5-4-10-27-16)17(11-23)19(18)14-6-8-15(22)9-7-14/h4-10,19,24H,3,12H2,1-2H3/t19-/m1/s1. The number of carbonyl (C=O) groups is 1. The molecule has 0 unspecified atom stereocenters. The summed E-state index contributed by atoms with van der Waals surface area (Å²) in [6.45, 7) is 3.92. The van der Waals surface area contributed by atoms with Gasteiger partial charge in [0.25, 0.3) is 0 Å². The van der Waals surface area contributed by atoms with Crippen molar-refractivity contribution in [2.75, 3.05) is 6.61 Å². The molecule has 144 valence electrons. The summed E-state index contributed by atoms with van der Waals surface area (Å²) < 4.78 is 6.23. The zero-order valence-electron chi connectivity index (χ0n) is 15.5. The smallest absolute Gasteiger partial charge is 0.336 e. The number of allylic oxidation sites excluding steroid dienone is 2. The lowest BCUT2D eigenvalue weighted by Gasteiger charge is -2.29. The van der Waals surface area contributed by atoms with Crippen LogP contribution in [0.25, 0.3) is 0 Å². The van der Waals surface area contributed by atoms with E-state index in [1.165, 1.54) is 4.88 Å². The van der Waals surface area contributed by atoms with Gasteiger partial charge in [0, 0.05) is 20.8 Å². The minimum Gasteiger partial charge on any atom is -0.463 e. The maximum atomic E-state index is 12.7. The Bertz CT molecular complexity index is 957. The molecule has 3 rings (SSSR count).